The molecule has 0 aliphatic carbocycles. The first-order valence-corrected chi connectivity index (χ1v) is 9.44. The van der Waals surface area contributed by atoms with Crippen LogP contribution >= 0.6 is 22.7 Å². The lowest BCUT2D eigenvalue weighted by Crippen LogP contribution is -2.15. The Balaban J connectivity index is 1.94. The zero-order valence-electron chi connectivity index (χ0n) is 14.3. The van der Waals surface area contributed by atoms with Crippen molar-refractivity contribution >= 4 is 49.9 Å². The maximum Gasteiger partial charge on any atom is 0.324 e. The maximum atomic E-state index is 12.2. The number of benzene rings is 1. The van der Waals surface area contributed by atoms with Gasteiger partial charge in [-0.05, 0) is 30.3 Å². The number of allylic oxidation sites excluding steroid dienone is 1. The molecule has 2 aromatic heterocycles. The molecular weight excluding hydrogens is 386 g/mol. The average Bonchev–Trinajstić information content (AvgIpc) is 3.25. The number of nitrogens with zero attached hydrogens (tertiary/aromatic N) is 3. The smallest absolute Gasteiger partial charge is 0.324 e. The molecule has 0 spiro atoms. The molecule has 138 valence electrons. The molecule has 0 aliphatic rings. The summed E-state index contributed by atoms with van der Waals surface area (Å²) in [7, 11) is 1.60. The number of thiophene rings is 1. The van der Waals surface area contributed by atoms with Gasteiger partial charge in [0.05, 0.1) is 22.2 Å². The molecule has 2 heterocycles. The van der Waals surface area contributed by atoms with E-state index in [-0.39, 0.29) is 5.00 Å². The molecule has 9 heteroatoms. The maximum absolute atomic E-state index is 12.2. The van der Waals surface area contributed by atoms with Gasteiger partial charge in [0.2, 0.25) is 0 Å². The normalized spacial score (nSPS) is 12.0. The third-order valence-corrected chi connectivity index (χ3v) is 5.63. The van der Waals surface area contributed by atoms with Crippen LogP contribution in [0.4, 0.5) is 5.00 Å². The molecule has 0 aliphatic heterocycles. The second kappa shape index (κ2) is 8.11. The van der Waals surface area contributed by atoms with E-state index >= 15 is 0 Å². The van der Waals surface area contributed by atoms with E-state index in [0.717, 1.165) is 27.3 Å². The number of nitro groups is 1. The topological polar surface area (TPSA) is 86.7 Å². The summed E-state index contributed by atoms with van der Waals surface area (Å²) in [6.07, 6.45) is 4.57. The third-order valence-electron chi connectivity index (χ3n) is 3.59. The van der Waals surface area contributed by atoms with Gasteiger partial charge in [-0.3, -0.25) is 14.9 Å². The molecule has 1 amide bonds. The number of hydrogen-bond acceptors (Lipinski definition) is 6. The monoisotopic (exact) mass is 401 g/mol. The molecule has 0 bridgehead atoms. The highest BCUT2D eigenvalue weighted by atomic mass is 32.1. The van der Waals surface area contributed by atoms with Gasteiger partial charge < -0.3 is 9.30 Å². The summed E-state index contributed by atoms with van der Waals surface area (Å²) in [4.78, 5) is 27.8. The van der Waals surface area contributed by atoms with Gasteiger partial charge in [0.1, 0.15) is 5.75 Å². The summed E-state index contributed by atoms with van der Waals surface area (Å²) in [5.74, 6) is 0.286. The summed E-state index contributed by atoms with van der Waals surface area (Å²) in [6, 6.07) is 8.66. The molecule has 27 heavy (non-hydrogen) atoms. The summed E-state index contributed by atoms with van der Waals surface area (Å²) < 4.78 is 8.08. The number of carbonyl (C=O) groups excluding carboxylic acids is 1. The number of ether oxygens (including phenoxy) is 1. The van der Waals surface area contributed by atoms with Gasteiger partial charge in [0.25, 0.3) is 5.91 Å². The largest absolute Gasteiger partial charge is 0.497 e. The summed E-state index contributed by atoms with van der Waals surface area (Å²) in [6.45, 7) is 4.27. The van der Waals surface area contributed by atoms with Crippen LogP contribution in [0.5, 0.6) is 5.75 Å². The van der Waals surface area contributed by atoms with E-state index in [2.05, 4.69) is 11.6 Å². The zero-order valence-corrected chi connectivity index (χ0v) is 16.0. The number of carbonyl (C=O) groups is 1. The number of hydrogen-bond donors (Lipinski definition) is 0. The van der Waals surface area contributed by atoms with Crippen molar-refractivity contribution in [1.29, 1.82) is 0 Å². The predicted octanol–water partition coefficient (Wildman–Crippen LogP) is 4.01. The minimum Gasteiger partial charge on any atom is -0.497 e. The molecule has 0 saturated carbocycles. The Morgan fingerprint density at radius 2 is 2.19 bits per heavy atom. The Labute approximate surface area is 162 Å². The van der Waals surface area contributed by atoms with Gasteiger partial charge >= 0.3 is 5.00 Å². The van der Waals surface area contributed by atoms with Crippen molar-refractivity contribution in [2.24, 2.45) is 4.99 Å². The van der Waals surface area contributed by atoms with E-state index in [1.807, 2.05) is 22.8 Å². The van der Waals surface area contributed by atoms with Crippen molar-refractivity contribution in [1.82, 2.24) is 4.57 Å². The minimum absolute atomic E-state index is 0.0290. The quantitative estimate of drug-likeness (QED) is 0.270. The number of methoxy groups -OCH3 is 1. The lowest BCUT2D eigenvalue weighted by atomic mass is 10.3. The highest BCUT2D eigenvalue weighted by Crippen LogP contribution is 2.25. The van der Waals surface area contributed by atoms with E-state index in [9.17, 15) is 14.9 Å². The van der Waals surface area contributed by atoms with Gasteiger partial charge in [0, 0.05) is 23.6 Å². The Morgan fingerprint density at radius 1 is 1.37 bits per heavy atom. The predicted molar refractivity (Wildman–Crippen MR) is 107 cm³/mol. The SMILES string of the molecule is C=CCn1c(=NC(=O)/C=C\c2ccc([N+](=O)[O-])s2)sc2cc(OC)ccc21. The van der Waals surface area contributed by atoms with Gasteiger partial charge in [0.15, 0.2) is 4.80 Å². The lowest BCUT2D eigenvalue weighted by molar-refractivity contribution is -0.380. The summed E-state index contributed by atoms with van der Waals surface area (Å²) in [5, 5.41) is 10.7. The van der Waals surface area contributed by atoms with E-state index in [0.29, 0.717) is 16.2 Å². The van der Waals surface area contributed by atoms with Gasteiger partial charge in [-0.1, -0.05) is 28.7 Å². The number of aromatic nitrogens is 1. The first kappa shape index (κ1) is 18.7. The minimum atomic E-state index is -0.460. The van der Waals surface area contributed by atoms with E-state index < -0.39 is 10.8 Å². The number of amides is 1. The van der Waals surface area contributed by atoms with Crippen LogP contribution in [0.1, 0.15) is 4.88 Å². The van der Waals surface area contributed by atoms with E-state index in [1.165, 1.54) is 29.6 Å². The molecular formula is C18H15N3O4S2. The summed E-state index contributed by atoms with van der Waals surface area (Å²) in [5.41, 5.74) is 0.935. The standard InChI is InChI=1S/C18H15N3O4S2/c1-3-10-20-14-7-4-12(25-2)11-15(14)27-18(20)19-16(22)8-5-13-6-9-17(26-13)21(23)24/h3-9,11H,1,10H2,2H3/b8-5-,19-18?. The number of thiazole rings is 1. The number of rotatable bonds is 6. The van der Waals surface area contributed by atoms with Crippen molar-refractivity contribution in [3.63, 3.8) is 0 Å². The Hall–Kier alpha value is -3.04. The first-order valence-electron chi connectivity index (χ1n) is 7.81. The molecule has 0 fully saturated rings. The van der Waals surface area contributed by atoms with Crippen molar-refractivity contribution in [2.45, 2.75) is 6.54 Å². The van der Waals surface area contributed by atoms with E-state index in [1.54, 1.807) is 19.3 Å². The second-order valence-electron chi connectivity index (χ2n) is 5.33. The van der Waals surface area contributed by atoms with Crippen LogP contribution in [0.25, 0.3) is 16.3 Å². The molecule has 7 nitrogen and oxygen atoms in total. The molecule has 1 aromatic carbocycles. The Bertz CT molecular complexity index is 1120. The van der Waals surface area contributed by atoms with Crippen molar-refractivity contribution in [3.8, 4) is 5.75 Å². The lowest BCUT2D eigenvalue weighted by Gasteiger charge is -2.02. The van der Waals surface area contributed by atoms with Crippen LogP contribution in [0.15, 0.2) is 54.1 Å². The first-order chi connectivity index (χ1) is 13.0. The Morgan fingerprint density at radius 3 is 2.85 bits per heavy atom. The molecule has 0 N–H and O–H groups in total. The third kappa shape index (κ3) is 4.21. The van der Waals surface area contributed by atoms with Crippen molar-refractivity contribution < 1.29 is 14.5 Å². The molecule has 0 unspecified atom stereocenters. The highest BCUT2D eigenvalue weighted by Gasteiger charge is 2.09. The zero-order chi connectivity index (χ0) is 19.4. The van der Waals surface area contributed by atoms with Gasteiger partial charge in [-0.2, -0.15) is 4.99 Å². The fraction of sp³-hybridized carbons (Fsp3) is 0.111. The van der Waals surface area contributed by atoms with Crippen LogP contribution in [0.2, 0.25) is 0 Å². The van der Waals surface area contributed by atoms with Gasteiger partial charge in [-0.15, -0.1) is 6.58 Å². The van der Waals surface area contributed by atoms with Crippen LogP contribution < -0.4 is 9.54 Å². The van der Waals surface area contributed by atoms with Crippen LogP contribution in [-0.2, 0) is 11.3 Å². The Kier molecular flexibility index (Phi) is 5.63. The van der Waals surface area contributed by atoms with Gasteiger partial charge in [-0.25, -0.2) is 0 Å². The molecule has 0 saturated heterocycles. The second-order valence-corrected chi connectivity index (χ2v) is 7.44. The number of fused-ring (bicyclic) bond motifs is 1. The van der Waals surface area contributed by atoms with Crippen molar-refractivity contribution in [3.05, 3.63) is 68.9 Å². The van der Waals surface area contributed by atoms with Crippen molar-refractivity contribution in [2.75, 3.05) is 7.11 Å². The molecule has 3 aromatic rings. The average molecular weight is 401 g/mol. The fourth-order valence-electron chi connectivity index (χ4n) is 2.39. The van der Waals surface area contributed by atoms with Crippen LogP contribution in [0.3, 0.4) is 0 Å². The molecule has 0 atom stereocenters. The fourth-order valence-corrected chi connectivity index (χ4v) is 4.18. The summed E-state index contributed by atoms with van der Waals surface area (Å²) >= 11 is 2.38. The van der Waals surface area contributed by atoms with E-state index in [4.69, 9.17) is 4.74 Å². The van der Waals surface area contributed by atoms with Crippen LogP contribution in [-0.4, -0.2) is 22.5 Å². The van der Waals surface area contributed by atoms with Crippen LogP contribution in [0, 0.1) is 10.1 Å². The highest BCUT2D eigenvalue weighted by molar-refractivity contribution is 7.16. The molecule has 0 radical (unpaired) electrons. The molecule has 3 rings (SSSR count).